The number of carbonyl (C=O) groups excluding carboxylic acids is 2. The minimum atomic E-state index is -0.666. The minimum absolute atomic E-state index is 0.143. The molecule has 0 fully saturated rings. The fourth-order valence-corrected chi connectivity index (χ4v) is 3.23. The van der Waals surface area contributed by atoms with Gasteiger partial charge in [0.25, 0.3) is 5.91 Å². The van der Waals surface area contributed by atoms with Crippen LogP contribution < -0.4 is 10.1 Å². The molecule has 1 aromatic heterocycles. The molecule has 1 heterocycles. The largest absolute Gasteiger partial charge is 0.486 e. The molecule has 29 heavy (non-hydrogen) atoms. The van der Waals surface area contributed by atoms with Crippen molar-refractivity contribution in [1.29, 1.82) is 0 Å². The Morgan fingerprint density at radius 1 is 1.14 bits per heavy atom. The van der Waals surface area contributed by atoms with Crippen molar-refractivity contribution in [3.05, 3.63) is 74.7 Å². The van der Waals surface area contributed by atoms with Gasteiger partial charge in [0.15, 0.2) is 12.3 Å². The number of benzene rings is 2. The topological polar surface area (TPSA) is 77.5 Å². The lowest BCUT2D eigenvalue weighted by Crippen LogP contribution is -2.21. The molecule has 0 radical (unpaired) electrons. The Morgan fingerprint density at radius 2 is 1.90 bits per heavy atom. The maximum atomic E-state index is 12.1. The Kier molecular flexibility index (Phi) is 6.85. The number of anilines is 1. The average molecular weight is 431 g/mol. The third-order valence-electron chi connectivity index (χ3n) is 4.02. The van der Waals surface area contributed by atoms with E-state index in [1.165, 1.54) is 11.3 Å². The van der Waals surface area contributed by atoms with Crippen molar-refractivity contribution < 1.29 is 19.1 Å². The molecular weight excluding hydrogens is 412 g/mol. The zero-order valence-electron chi connectivity index (χ0n) is 15.9. The van der Waals surface area contributed by atoms with E-state index in [1.807, 2.05) is 31.2 Å². The zero-order valence-corrected chi connectivity index (χ0v) is 17.5. The highest BCUT2D eigenvalue weighted by Crippen LogP contribution is 2.23. The lowest BCUT2D eigenvalue weighted by molar-refractivity contribution is -0.119. The number of halogens is 1. The number of hydrogen-bond donors (Lipinski definition) is 1. The Morgan fingerprint density at radius 3 is 2.66 bits per heavy atom. The molecule has 0 atom stereocenters. The van der Waals surface area contributed by atoms with Crippen LogP contribution in [-0.4, -0.2) is 23.5 Å². The van der Waals surface area contributed by atoms with Crippen LogP contribution in [0, 0.1) is 13.8 Å². The highest BCUT2D eigenvalue weighted by molar-refractivity contribution is 7.09. The highest BCUT2D eigenvalue weighted by atomic mass is 35.5. The standard InChI is InChI=1S/C21H19ClN2O4S/c1-13-6-8-15(9-7-13)27-11-20-24-18(12-29-20)21(26)28-10-19(25)23-17-5-3-4-16(22)14(17)2/h3-9,12H,10-11H2,1-2H3,(H,23,25). The van der Waals surface area contributed by atoms with Gasteiger partial charge < -0.3 is 14.8 Å². The normalized spacial score (nSPS) is 10.4. The Bertz CT molecular complexity index is 1020. The van der Waals surface area contributed by atoms with Crippen LogP contribution in [0.5, 0.6) is 5.75 Å². The number of aromatic nitrogens is 1. The smallest absolute Gasteiger partial charge is 0.358 e. The van der Waals surface area contributed by atoms with E-state index in [0.29, 0.717) is 15.7 Å². The lowest BCUT2D eigenvalue weighted by Gasteiger charge is -2.09. The van der Waals surface area contributed by atoms with Gasteiger partial charge in [-0.15, -0.1) is 11.3 Å². The molecular formula is C21H19ClN2O4S. The highest BCUT2D eigenvalue weighted by Gasteiger charge is 2.15. The van der Waals surface area contributed by atoms with Gasteiger partial charge >= 0.3 is 5.97 Å². The molecule has 2 aromatic carbocycles. The summed E-state index contributed by atoms with van der Waals surface area (Å²) in [6.45, 7) is 3.62. The maximum Gasteiger partial charge on any atom is 0.358 e. The van der Waals surface area contributed by atoms with Crippen LogP contribution >= 0.6 is 22.9 Å². The van der Waals surface area contributed by atoms with E-state index in [2.05, 4.69) is 10.3 Å². The number of esters is 1. The maximum absolute atomic E-state index is 12.1. The lowest BCUT2D eigenvalue weighted by atomic mass is 10.2. The molecule has 0 bridgehead atoms. The van der Waals surface area contributed by atoms with Gasteiger partial charge in [-0.05, 0) is 43.7 Å². The van der Waals surface area contributed by atoms with E-state index in [4.69, 9.17) is 21.1 Å². The summed E-state index contributed by atoms with van der Waals surface area (Å²) in [5.41, 5.74) is 2.60. The van der Waals surface area contributed by atoms with Gasteiger partial charge in [0, 0.05) is 16.1 Å². The van der Waals surface area contributed by atoms with Crippen molar-refractivity contribution in [2.45, 2.75) is 20.5 Å². The molecule has 0 saturated carbocycles. The number of hydrogen-bond acceptors (Lipinski definition) is 6. The summed E-state index contributed by atoms with van der Waals surface area (Å²) in [4.78, 5) is 28.4. The monoisotopic (exact) mass is 430 g/mol. The molecule has 8 heteroatoms. The predicted octanol–water partition coefficient (Wildman–Crippen LogP) is 4.79. The number of ether oxygens (including phenoxy) is 2. The molecule has 0 aliphatic carbocycles. The number of rotatable bonds is 7. The summed E-state index contributed by atoms with van der Waals surface area (Å²) < 4.78 is 10.7. The number of amides is 1. The van der Waals surface area contributed by atoms with Crippen molar-refractivity contribution in [3.63, 3.8) is 0 Å². The fraction of sp³-hybridized carbons (Fsp3) is 0.190. The van der Waals surface area contributed by atoms with Crippen molar-refractivity contribution in [2.75, 3.05) is 11.9 Å². The third kappa shape index (κ3) is 5.79. The first kappa shape index (κ1) is 20.8. The molecule has 0 unspecified atom stereocenters. The van der Waals surface area contributed by atoms with Crippen LogP contribution in [0.1, 0.15) is 26.6 Å². The van der Waals surface area contributed by atoms with Crippen LogP contribution in [0.3, 0.4) is 0 Å². The Hall–Kier alpha value is -2.90. The third-order valence-corrected chi connectivity index (χ3v) is 5.25. The van der Waals surface area contributed by atoms with E-state index < -0.39 is 18.5 Å². The van der Waals surface area contributed by atoms with Gasteiger partial charge in [0.1, 0.15) is 17.4 Å². The Labute approximate surface area is 177 Å². The van der Waals surface area contributed by atoms with E-state index in [9.17, 15) is 9.59 Å². The second-order valence-electron chi connectivity index (χ2n) is 6.26. The summed E-state index contributed by atoms with van der Waals surface area (Å²) in [6, 6.07) is 12.8. The molecule has 0 aliphatic heterocycles. The van der Waals surface area contributed by atoms with Gasteiger partial charge in [0.05, 0.1) is 0 Å². The summed E-state index contributed by atoms with van der Waals surface area (Å²) in [5, 5.41) is 5.43. The van der Waals surface area contributed by atoms with Gasteiger partial charge in [-0.25, -0.2) is 9.78 Å². The molecule has 0 saturated heterocycles. The van der Waals surface area contributed by atoms with Crippen LogP contribution in [0.2, 0.25) is 5.02 Å². The van der Waals surface area contributed by atoms with E-state index >= 15 is 0 Å². The molecule has 0 aliphatic rings. The minimum Gasteiger partial charge on any atom is -0.486 e. The molecule has 150 valence electrons. The molecule has 6 nitrogen and oxygen atoms in total. The van der Waals surface area contributed by atoms with Crippen molar-refractivity contribution in [1.82, 2.24) is 4.98 Å². The number of nitrogens with one attached hydrogen (secondary N) is 1. The molecule has 1 amide bonds. The summed E-state index contributed by atoms with van der Waals surface area (Å²) in [5.74, 6) is -0.398. The number of thiazole rings is 1. The summed E-state index contributed by atoms with van der Waals surface area (Å²) in [6.07, 6.45) is 0. The number of aryl methyl sites for hydroxylation is 1. The molecule has 0 spiro atoms. The van der Waals surface area contributed by atoms with Crippen LogP contribution in [0.25, 0.3) is 0 Å². The summed E-state index contributed by atoms with van der Waals surface area (Å²) >= 11 is 7.31. The van der Waals surface area contributed by atoms with Crippen LogP contribution in [0.15, 0.2) is 47.8 Å². The van der Waals surface area contributed by atoms with Crippen molar-refractivity contribution in [3.8, 4) is 5.75 Å². The van der Waals surface area contributed by atoms with Crippen molar-refractivity contribution >= 4 is 40.5 Å². The first-order chi connectivity index (χ1) is 13.9. The van der Waals surface area contributed by atoms with E-state index in [0.717, 1.165) is 16.9 Å². The summed E-state index contributed by atoms with van der Waals surface area (Å²) in [7, 11) is 0. The molecule has 1 N–H and O–H groups in total. The average Bonchev–Trinajstić information content (AvgIpc) is 3.18. The van der Waals surface area contributed by atoms with E-state index in [1.54, 1.807) is 30.5 Å². The molecule has 3 rings (SSSR count). The molecule has 3 aromatic rings. The SMILES string of the molecule is Cc1ccc(OCc2nc(C(=O)OCC(=O)Nc3cccc(Cl)c3C)cs2)cc1. The van der Waals surface area contributed by atoms with Gasteiger partial charge in [0.2, 0.25) is 0 Å². The van der Waals surface area contributed by atoms with E-state index in [-0.39, 0.29) is 12.3 Å². The van der Waals surface area contributed by atoms with Crippen LogP contribution in [-0.2, 0) is 16.1 Å². The number of nitrogens with zero attached hydrogens (tertiary/aromatic N) is 1. The van der Waals surface area contributed by atoms with Crippen molar-refractivity contribution in [2.24, 2.45) is 0 Å². The second kappa shape index (κ2) is 9.54. The van der Waals surface area contributed by atoms with Gasteiger partial charge in [-0.2, -0.15) is 0 Å². The first-order valence-corrected chi connectivity index (χ1v) is 10.0. The van der Waals surface area contributed by atoms with Gasteiger partial charge in [-0.1, -0.05) is 35.4 Å². The fourth-order valence-electron chi connectivity index (χ4n) is 2.38. The van der Waals surface area contributed by atoms with Gasteiger partial charge in [-0.3, -0.25) is 4.79 Å². The Balaban J connectivity index is 1.49. The predicted molar refractivity (Wildman–Crippen MR) is 113 cm³/mol. The second-order valence-corrected chi connectivity index (χ2v) is 7.61. The quantitative estimate of drug-likeness (QED) is 0.545. The van der Waals surface area contributed by atoms with Crippen LogP contribution in [0.4, 0.5) is 5.69 Å². The zero-order chi connectivity index (χ0) is 20.8. The number of carbonyl (C=O) groups is 2. The first-order valence-electron chi connectivity index (χ1n) is 8.78.